The zero-order valence-corrected chi connectivity index (χ0v) is 17.7. The second-order valence-electron chi connectivity index (χ2n) is 8.58. The Hall–Kier alpha value is -2.98. The molecular formula is C19H28N6O5. The van der Waals surface area contributed by atoms with E-state index in [0.29, 0.717) is 12.2 Å². The molecule has 11 nitrogen and oxygen atoms in total. The molecule has 0 radical (unpaired) electrons. The van der Waals surface area contributed by atoms with Crippen molar-refractivity contribution in [1.29, 1.82) is 0 Å². The number of tetrazole rings is 1. The highest BCUT2D eigenvalue weighted by atomic mass is 16.6. The maximum atomic E-state index is 13.2. The number of likely N-dealkylation sites (tertiary alicyclic amines) is 1. The fourth-order valence-electron chi connectivity index (χ4n) is 3.70. The van der Waals surface area contributed by atoms with Gasteiger partial charge in [-0.05, 0) is 40.5 Å². The lowest BCUT2D eigenvalue weighted by atomic mass is 10.0. The number of hydrogen-bond donors (Lipinski definition) is 2. The molecule has 0 aromatic carbocycles. The average molecular weight is 420 g/mol. The summed E-state index contributed by atoms with van der Waals surface area (Å²) in [5, 5.41) is 16.7. The molecule has 2 fully saturated rings. The van der Waals surface area contributed by atoms with Gasteiger partial charge in [-0.25, -0.2) is 9.59 Å². The van der Waals surface area contributed by atoms with Gasteiger partial charge in [0.15, 0.2) is 5.82 Å². The maximum absolute atomic E-state index is 13.2. The lowest BCUT2D eigenvalue weighted by molar-refractivity contribution is -0.149. The van der Waals surface area contributed by atoms with E-state index in [0.717, 1.165) is 0 Å². The molecule has 0 bridgehead atoms. The van der Waals surface area contributed by atoms with Crippen molar-refractivity contribution in [1.82, 2.24) is 30.8 Å². The number of ether oxygens (including phenoxy) is 2. The number of nitrogens with zero attached hydrogens (tertiary/aromatic N) is 4. The first kappa shape index (κ1) is 21.7. The average Bonchev–Trinajstić information content (AvgIpc) is 3.04. The summed E-state index contributed by atoms with van der Waals surface area (Å²) < 4.78 is 10.6. The first-order valence-electron chi connectivity index (χ1n) is 9.96. The molecule has 1 aromatic heterocycles. The highest BCUT2D eigenvalue weighted by molar-refractivity contribution is 5.95. The van der Waals surface area contributed by atoms with Crippen LogP contribution in [0.5, 0.6) is 0 Å². The predicted octanol–water partition coefficient (Wildman–Crippen LogP) is 0.917. The molecule has 1 aliphatic heterocycles. The second kappa shape index (κ2) is 8.04. The standard InChI is InChI=1S/C19H28N6O5/c1-6-12-9-19(12,16(27)29-7-2)20-15(26)13-8-11(14-21-23-24-22-14)10-25(13)17(28)30-18(3,4)5/h6,11-13H,1,7-10H2,2-5H3,(H,20,26)(H,21,22,23,24)/t11-,12-,13?,19?/m1/s1. The van der Waals surface area contributed by atoms with Crippen molar-refractivity contribution < 1.29 is 23.9 Å². The topological polar surface area (TPSA) is 139 Å². The summed E-state index contributed by atoms with van der Waals surface area (Å²) in [4.78, 5) is 39.8. The number of hydrogen-bond acceptors (Lipinski definition) is 8. The summed E-state index contributed by atoms with van der Waals surface area (Å²) >= 11 is 0. The van der Waals surface area contributed by atoms with E-state index < -0.39 is 35.2 Å². The molecule has 2 unspecified atom stereocenters. The minimum atomic E-state index is -1.14. The minimum Gasteiger partial charge on any atom is -0.464 e. The Bertz CT molecular complexity index is 820. The van der Waals surface area contributed by atoms with Crippen molar-refractivity contribution in [2.75, 3.05) is 13.2 Å². The molecular weight excluding hydrogens is 392 g/mol. The number of carbonyl (C=O) groups is 3. The van der Waals surface area contributed by atoms with Crippen LogP contribution < -0.4 is 5.32 Å². The van der Waals surface area contributed by atoms with Gasteiger partial charge in [-0.3, -0.25) is 9.69 Å². The number of H-pyrrole nitrogens is 1. The lowest BCUT2D eigenvalue weighted by Gasteiger charge is -2.29. The summed E-state index contributed by atoms with van der Waals surface area (Å²) in [6.45, 7) is 11.1. The third kappa shape index (κ3) is 4.29. The zero-order valence-electron chi connectivity index (χ0n) is 17.7. The van der Waals surface area contributed by atoms with Gasteiger partial charge in [0.05, 0.1) is 6.61 Å². The molecule has 2 amide bonds. The molecule has 0 spiro atoms. The monoisotopic (exact) mass is 420 g/mol. The van der Waals surface area contributed by atoms with E-state index in [1.165, 1.54) is 4.90 Å². The SMILES string of the molecule is C=C[C@@H]1CC1(NC(=O)C1C[C@@H](c2nn[nH]n2)CN1C(=O)OC(C)(C)C)C(=O)OCC. The summed E-state index contributed by atoms with van der Waals surface area (Å²) in [7, 11) is 0. The van der Waals surface area contributed by atoms with Crippen molar-refractivity contribution >= 4 is 18.0 Å². The Labute approximate surface area is 174 Å². The van der Waals surface area contributed by atoms with Gasteiger partial charge >= 0.3 is 12.1 Å². The lowest BCUT2D eigenvalue weighted by Crippen LogP contribution is -2.53. The Balaban J connectivity index is 1.80. The van der Waals surface area contributed by atoms with E-state index in [2.05, 4.69) is 32.5 Å². The van der Waals surface area contributed by atoms with Gasteiger partial charge in [0.25, 0.3) is 0 Å². The van der Waals surface area contributed by atoms with Gasteiger partial charge in [-0.1, -0.05) is 11.3 Å². The fraction of sp³-hybridized carbons (Fsp3) is 0.684. The van der Waals surface area contributed by atoms with E-state index in [4.69, 9.17) is 9.47 Å². The first-order chi connectivity index (χ1) is 14.1. The predicted molar refractivity (Wildman–Crippen MR) is 104 cm³/mol. The third-order valence-electron chi connectivity index (χ3n) is 5.24. The van der Waals surface area contributed by atoms with Crippen LogP contribution in [0.4, 0.5) is 4.79 Å². The normalized spacial score (nSPS) is 28.0. The Kier molecular flexibility index (Phi) is 5.82. The Morgan fingerprint density at radius 3 is 2.67 bits per heavy atom. The number of aromatic amines is 1. The van der Waals surface area contributed by atoms with Crippen LogP contribution in [0.15, 0.2) is 12.7 Å². The number of esters is 1. The van der Waals surface area contributed by atoms with E-state index >= 15 is 0 Å². The van der Waals surface area contributed by atoms with Crippen LogP contribution in [0.1, 0.15) is 52.3 Å². The summed E-state index contributed by atoms with van der Waals surface area (Å²) in [5.41, 5.74) is -1.86. The largest absolute Gasteiger partial charge is 0.464 e. The van der Waals surface area contributed by atoms with Crippen LogP contribution >= 0.6 is 0 Å². The maximum Gasteiger partial charge on any atom is 0.410 e. The van der Waals surface area contributed by atoms with E-state index in [1.807, 2.05) is 0 Å². The molecule has 1 saturated carbocycles. The molecule has 11 heteroatoms. The number of amides is 2. The van der Waals surface area contributed by atoms with Crippen LogP contribution in [-0.2, 0) is 19.1 Å². The van der Waals surface area contributed by atoms with Gasteiger partial charge in [-0.2, -0.15) is 5.21 Å². The van der Waals surface area contributed by atoms with Gasteiger partial charge in [0.2, 0.25) is 5.91 Å². The van der Waals surface area contributed by atoms with Crippen molar-refractivity contribution in [2.45, 2.75) is 63.6 Å². The number of carbonyl (C=O) groups excluding carboxylic acids is 3. The molecule has 2 heterocycles. The molecule has 30 heavy (non-hydrogen) atoms. The summed E-state index contributed by atoms with van der Waals surface area (Å²) in [6.07, 6.45) is 1.70. The highest BCUT2D eigenvalue weighted by Gasteiger charge is 2.62. The van der Waals surface area contributed by atoms with Crippen molar-refractivity contribution in [3.8, 4) is 0 Å². The van der Waals surface area contributed by atoms with Gasteiger partial charge in [0, 0.05) is 18.4 Å². The molecule has 2 aliphatic rings. The van der Waals surface area contributed by atoms with E-state index in [-0.39, 0.29) is 31.4 Å². The molecule has 4 atom stereocenters. The molecule has 2 N–H and O–H groups in total. The molecule has 1 aliphatic carbocycles. The van der Waals surface area contributed by atoms with Crippen LogP contribution in [0.3, 0.4) is 0 Å². The number of rotatable bonds is 6. The van der Waals surface area contributed by atoms with Gasteiger partial charge in [-0.15, -0.1) is 16.8 Å². The second-order valence-corrected chi connectivity index (χ2v) is 8.58. The van der Waals surface area contributed by atoms with E-state index in [1.54, 1.807) is 33.8 Å². The summed E-state index contributed by atoms with van der Waals surface area (Å²) in [6, 6.07) is -0.847. The van der Waals surface area contributed by atoms with Crippen LogP contribution in [0, 0.1) is 5.92 Å². The van der Waals surface area contributed by atoms with Gasteiger partial charge < -0.3 is 14.8 Å². The number of nitrogens with one attached hydrogen (secondary N) is 2. The number of aromatic nitrogens is 4. The summed E-state index contributed by atoms with van der Waals surface area (Å²) in [5.74, 6) is -1.05. The first-order valence-corrected chi connectivity index (χ1v) is 9.96. The molecule has 1 aromatic rings. The quantitative estimate of drug-likeness (QED) is 0.511. The van der Waals surface area contributed by atoms with Crippen molar-refractivity contribution in [2.24, 2.45) is 5.92 Å². The zero-order chi connectivity index (χ0) is 22.1. The highest BCUT2D eigenvalue weighted by Crippen LogP contribution is 2.46. The van der Waals surface area contributed by atoms with Crippen molar-refractivity contribution in [3.05, 3.63) is 18.5 Å². The smallest absolute Gasteiger partial charge is 0.410 e. The minimum absolute atomic E-state index is 0.198. The Morgan fingerprint density at radius 2 is 2.13 bits per heavy atom. The van der Waals surface area contributed by atoms with Crippen LogP contribution in [0.25, 0.3) is 0 Å². The van der Waals surface area contributed by atoms with E-state index in [9.17, 15) is 14.4 Å². The van der Waals surface area contributed by atoms with Crippen LogP contribution in [-0.4, -0.2) is 73.8 Å². The van der Waals surface area contributed by atoms with Crippen LogP contribution in [0.2, 0.25) is 0 Å². The van der Waals surface area contributed by atoms with Gasteiger partial charge in [0.1, 0.15) is 17.2 Å². The molecule has 164 valence electrons. The molecule has 3 rings (SSSR count). The fourth-order valence-corrected chi connectivity index (χ4v) is 3.70. The molecule has 1 saturated heterocycles. The Morgan fingerprint density at radius 1 is 1.40 bits per heavy atom. The van der Waals surface area contributed by atoms with Crippen molar-refractivity contribution in [3.63, 3.8) is 0 Å². The third-order valence-corrected chi connectivity index (χ3v) is 5.24.